The lowest BCUT2D eigenvalue weighted by Gasteiger charge is -2.33. The van der Waals surface area contributed by atoms with E-state index in [-0.39, 0.29) is 5.97 Å². The molecule has 1 aromatic rings. The lowest BCUT2D eigenvalue weighted by molar-refractivity contribution is -0.147. The number of nitrogens with one attached hydrogen (secondary N) is 1. The summed E-state index contributed by atoms with van der Waals surface area (Å²) in [5, 5.41) is 3.28. The number of piperazine rings is 1. The van der Waals surface area contributed by atoms with Crippen molar-refractivity contribution in [2.45, 2.75) is 6.04 Å². The molecule has 1 unspecified atom stereocenters. The molecule has 0 spiro atoms. The molecule has 0 bridgehead atoms. The van der Waals surface area contributed by atoms with Crippen LogP contribution in [0.25, 0.3) is 0 Å². The molecule has 0 amide bonds. The highest BCUT2D eigenvalue weighted by atomic mass is 16.5. The Morgan fingerprint density at radius 1 is 1.10 bits per heavy atom. The van der Waals surface area contributed by atoms with Crippen molar-refractivity contribution in [3.63, 3.8) is 0 Å². The maximum atomic E-state index is 12.2. The van der Waals surface area contributed by atoms with E-state index in [4.69, 9.17) is 14.2 Å². The van der Waals surface area contributed by atoms with Crippen molar-refractivity contribution in [1.82, 2.24) is 10.2 Å². The van der Waals surface area contributed by atoms with Crippen LogP contribution in [-0.2, 0) is 9.53 Å². The normalized spacial score (nSPS) is 17.1. The van der Waals surface area contributed by atoms with Crippen LogP contribution in [0.3, 0.4) is 0 Å². The molecule has 1 heterocycles. The second kappa shape index (κ2) is 7.28. The summed E-state index contributed by atoms with van der Waals surface area (Å²) in [6, 6.07) is 5.05. The monoisotopic (exact) mass is 294 g/mol. The van der Waals surface area contributed by atoms with Crippen molar-refractivity contribution in [3.05, 3.63) is 23.8 Å². The molecule has 0 saturated carbocycles. The van der Waals surface area contributed by atoms with Gasteiger partial charge in [0.1, 0.15) is 17.5 Å². The molecule has 6 heteroatoms. The SMILES string of the molecule is COC(=O)C(c1cc(OC)cc(OC)c1)N1CCNCC1. The van der Waals surface area contributed by atoms with Gasteiger partial charge in [0.2, 0.25) is 0 Å². The molecule has 1 saturated heterocycles. The third-order valence-electron chi connectivity index (χ3n) is 3.63. The van der Waals surface area contributed by atoms with E-state index in [2.05, 4.69) is 10.2 Å². The van der Waals surface area contributed by atoms with Crippen molar-refractivity contribution in [3.8, 4) is 11.5 Å². The first-order valence-electron chi connectivity index (χ1n) is 6.95. The average Bonchev–Trinajstić information content (AvgIpc) is 2.55. The van der Waals surface area contributed by atoms with Gasteiger partial charge in [0.15, 0.2) is 0 Å². The highest BCUT2D eigenvalue weighted by Crippen LogP contribution is 2.30. The van der Waals surface area contributed by atoms with E-state index in [0.29, 0.717) is 11.5 Å². The molecule has 0 aromatic heterocycles. The smallest absolute Gasteiger partial charge is 0.327 e. The number of esters is 1. The lowest BCUT2D eigenvalue weighted by Crippen LogP contribution is -2.47. The zero-order valence-corrected chi connectivity index (χ0v) is 12.7. The summed E-state index contributed by atoms with van der Waals surface area (Å²) in [7, 11) is 4.60. The van der Waals surface area contributed by atoms with Crippen molar-refractivity contribution in [2.75, 3.05) is 47.5 Å². The summed E-state index contributed by atoms with van der Waals surface area (Å²) in [6.07, 6.45) is 0. The Kier molecular flexibility index (Phi) is 5.41. The third kappa shape index (κ3) is 3.65. The molecule has 0 aliphatic carbocycles. The second-order valence-electron chi connectivity index (χ2n) is 4.86. The fourth-order valence-electron chi connectivity index (χ4n) is 2.54. The van der Waals surface area contributed by atoms with Gasteiger partial charge >= 0.3 is 5.97 Å². The van der Waals surface area contributed by atoms with Crippen LogP contribution in [-0.4, -0.2) is 58.4 Å². The van der Waals surface area contributed by atoms with Crippen LogP contribution >= 0.6 is 0 Å². The van der Waals surface area contributed by atoms with Gasteiger partial charge in [0.25, 0.3) is 0 Å². The van der Waals surface area contributed by atoms with Crippen LogP contribution in [0.4, 0.5) is 0 Å². The highest BCUT2D eigenvalue weighted by Gasteiger charge is 2.30. The van der Waals surface area contributed by atoms with E-state index in [1.54, 1.807) is 20.3 Å². The molecule has 1 N–H and O–H groups in total. The number of rotatable bonds is 5. The Morgan fingerprint density at radius 2 is 1.67 bits per heavy atom. The molecule has 21 heavy (non-hydrogen) atoms. The number of ether oxygens (including phenoxy) is 3. The number of methoxy groups -OCH3 is 3. The Balaban J connectivity index is 2.37. The topological polar surface area (TPSA) is 60.0 Å². The Hall–Kier alpha value is -1.79. The van der Waals surface area contributed by atoms with Gasteiger partial charge < -0.3 is 19.5 Å². The molecular formula is C15H22N2O4. The number of hydrogen-bond acceptors (Lipinski definition) is 6. The van der Waals surface area contributed by atoms with Gasteiger partial charge in [-0.2, -0.15) is 0 Å². The predicted octanol–water partition coefficient (Wildman–Crippen LogP) is 0.823. The Labute approximate surface area is 125 Å². The van der Waals surface area contributed by atoms with E-state index < -0.39 is 6.04 Å². The van der Waals surface area contributed by atoms with E-state index in [9.17, 15) is 4.79 Å². The molecular weight excluding hydrogens is 272 g/mol. The van der Waals surface area contributed by atoms with Gasteiger partial charge in [0, 0.05) is 32.2 Å². The van der Waals surface area contributed by atoms with Crippen LogP contribution in [0.5, 0.6) is 11.5 Å². The fraction of sp³-hybridized carbons (Fsp3) is 0.533. The predicted molar refractivity (Wildman–Crippen MR) is 78.7 cm³/mol. The standard InChI is InChI=1S/C15H22N2O4/c1-19-12-8-11(9-13(10-12)20-2)14(15(18)21-3)17-6-4-16-5-7-17/h8-10,14,16H,4-7H2,1-3H3. The Morgan fingerprint density at radius 3 is 2.14 bits per heavy atom. The third-order valence-corrected chi connectivity index (χ3v) is 3.63. The molecule has 1 aliphatic heterocycles. The number of hydrogen-bond donors (Lipinski definition) is 1. The van der Waals surface area contributed by atoms with Crippen molar-refractivity contribution >= 4 is 5.97 Å². The fourth-order valence-corrected chi connectivity index (χ4v) is 2.54. The van der Waals surface area contributed by atoms with E-state index in [0.717, 1.165) is 31.7 Å². The minimum Gasteiger partial charge on any atom is -0.497 e. The van der Waals surface area contributed by atoms with Gasteiger partial charge in [-0.05, 0) is 17.7 Å². The maximum Gasteiger partial charge on any atom is 0.327 e. The van der Waals surface area contributed by atoms with Crippen LogP contribution in [0.15, 0.2) is 18.2 Å². The summed E-state index contributed by atoms with van der Waals surface area (Å²) in [5.74, 6) is 1.05. The van der Waals surface area contributed by atoms with E-state index >= 15 is 0 Å². The molecule has 6 nitrogen and oxygen atoms in total. The Bertz CT molecular complexity index is 464. The first kappa shape index (κ1) is 15.6. The lowest BCUT2D eigenvalue weighted by atomic mass is 10.0. The summed E-state index contributed by atoms with van der Waals surface area (Å²) in [6.45, 7) is 3.29. The number of benzene rings is 1. The largest absolute Gasteiger partial charge is 0.497 e. The van der Waals surface area contributed by atoms with Gasteiger partial charge in [-0.25, -0.2) is 4.79 Å². The zero-order chi connectivity index (χ0) is 15.2. The van der Waals surface area contributed by atoms with Gasteiger partial charge in [-0.3, -0.25) is 4.90 Å². The molecule has 2 rings (SSSR count). The molecule has 116 valence electrons. The maximum absolute atomic E-state index is 12.2. The van der Waals surface area contributed by atoms with Gasteiger partial charge in [-0.1, -0.05) is 0 Å². The van der Waals surface area contributed by atoms with Crippen molar-refractivity contribution < 1.29 is 19.0 Å². The minimum atomic E-state index is -0.443. The molecule has 1 atom stereocenters. The van der Waals surface area contributed by atoms with Crippen LogP contribution in [0.1, 0.15) is 11.6 Å². The first-order valence-corrected chi connectivity index (χ1v) is 6.95. The number of carbonyl (C=O) groups excluding carboxylic acids is 1. The summed E-state index contributed by atoms with van der Waals surface area (Å²) in [5.41, 5.74) is 0.819. The van der Waals surface area contributed by atoms with E-state index in [1.807, 2.05) is 12.1 Å². The highest BCUT2D eigenvalue weighted by molar-refractivity contribution is 5.78. The minimum absolute atomic E-state index is 0.271. The molecule has 1 aromatic carbocycles. The zero-order valence-electron chi connectivity index (χ0n) is 12.7. The quantitative estimate of drug-likeness (QED) is 0.812. The summed E-state index contributed by atoms with van der Waals surface area (Å²) >= 11 is 0. The first-order chi connectivity index (χ1) is 10.2. The van der Waals surface area contributed by atoms with Crippen molar-refractivity contribution in [2.24, 2.45) is 0 Å². The summed E-state index contributed by atoms with van der Waals surface area (Å²) in [4.78, 5) is 14.4. The van der Waals surface area contributed by atoms with Crippen LogP contribution in [0.2, 0.25) is 0 Å². The van der Waals surface area contributed by atoms with Gasteiger partial charge in [-0.15, -0.1) is 0 Å². The molecule has 1 fully saturated rings. The van der Waals surface area contributed by atoms with E-state index in [1.165, 1.54) is 7.11 Å². The molecule has 1 aliphatic rings. The average molecular weight is 294 g/mol. The van der Waals surface area contributed by atoms with Crippen molar-refractivity contribution in [1.29, 1.82) is 0 Å². The number of nitrogens with zero attached hydrogens (tertiary/aromatic N) is 1. The number of carbonyl (C=O) groups is 1. The van der Waals surface area contributed by atoms with Gasteiger partial charge in [0.05, 0.1) is 21.3 Å². The van der Waals surface area contributed by atoms with Crippen LogP contribution < -0.4 is 14.8 Å². The second-order valence-corrected chi connectivity index (χ2v) is 4.86. The molecule has 0 radical (unpaired) electrons. The van der Waals surface area contributed by atoms with Crippen LogP contribution in [0, 0.1) is 0 Å². The summed E-state index contributed by atoms with van der Waals surface area (Å²) < 4.78 is 15.6.